The largest absolute Gasteiger partial charge is 0.508 e. The summed E-state index contributed by atoms with van der Waals surface area (Å²) in [7, 11) is 0. The highest BCUT2D eigenvalue weighted by molar-refractivity contribution is 6.43. The highest BCUT2D eigenvalue weighted by atomic mass is 35.5. The Balaban J connectivity index is 1.14. The minimum absolute atomic E-state index is 0.0154. The number of unbranched alkanes of at least 4 members (excludes halogenated alkanes) is 1. The van der Waals surface area contributed by atoms with E-state index in [1.807, 2.05) is 36.4 Å². The maximum absolute atomic E-state index is 12.5. The molecule has 38 heavy (non-hydrogen) atoms. The van der Waals surface area contributed by atoms with Crippen molar-refractivity contribution in [1.29, 1.82) is 0 Å². The smallest absolute Gasteiger partial charge is 0.494 e. The Morgan fingerprint density at radius 3 is 2.66 bits per heavy atom. The van der Waals surface area contributed by atoms with Crippen molar-refractivity contribution in [3.63, 3.8) is 0 Å². The van der Waals surface area contributed by atoms with Crippen LogP contribution in [0, 0.1) is 5.92 Å². The molecule has 0 spiro atoms. The van der Waals surface area contributed by atoms with Gasteiger partial charge in [0, 0.05) is 37.9 Å². The summed E-state index contributed by atoms with van der Waals surface area (Å²) in [6, 6.07) is 11.5. The Bertz CT molecular complexity index is 1120. The molecule has 0 bridgehead atoms. The van der Waals surface area contributed by atoms with Crippen molar-refractivity contribution in [3.05, 3.63) is 52.0 Å². The molecule has 0 saturated carbocycles. The standard InChI is InChI=1S/C28H35Cl2N3O5/c1-19(2)38-28(35)37-18-21-16-20-8-9-22(17-24(20)31-27(21)34)36-15-4-3-10-32-11-13-33(14-12-32)25-7-5-6-23(29)26(25)30/h5-9,17,19,21H,3-4,10-16,18H2,1-2H3,(H,31,34). The zero-order valence-electron chi connectivity index (χ0n) is 21.9. The second-order valence-electron chi connectivity index (χ2n) is 9.89. The summed E-state index contributed by atoms with van der Waals surface area (Å²) in [5.41, 5.74) is 2.73. The predicted molar refractivity (Wildman–Crippen MR) is 150 cm³/mol. The molecule has 0 aromatic heterocycles. The van der Waals surface area contributed by atoms with Crippen molar-refractivity contribution in [3.8, 4) is 5.75 Å². The van der Waals surface area contributed by atoms with Gasteiger partial charge in [0.05, 0.1) is 34.4 Å². The van der Waals surface area contributed by atoms with Gasteiger partial charge in [-0.3, -0.25) is 9.69 Å². The van der Waals surface area contributed by atoms with E-state index in [0.29, 0.717) is 23.1 Å². The molecular weight excluding hydrogens is 529 g/mol. The van der Waals surface area contributed by atoms with Gasteiger partial charge in [-0.2, -0.15) is 0 Å². The molecule has 1 amide bonds. The maximum Gasteiger partial charge on any atom is 0.508 e. The fourth-order valence-electron chi connectivity index (χ4n) is 4.64. The second kappa shape index (κ2) is 13.4. The molecule has 1 fully saturated rings. The number of nitrogens with zero attached hydrogens (tertiary/aromatic N) is 2. The lowest BCUT2D eigenvalue weighted by molar-refractivity contribution is -0.121. The van der Waals surface area contributed by atoms with Crippen LogP contribution in [-0.4, -0.2) is 69.0 Å². The van der Waals surface area contributed by atoms with E-state index < -0.39 is 12.1 Å². The van der Waals surface area contributed by atoms with Crippen molar-refractivity contribution < 1.29 is 23.8 Å². The third-order valence-electron chi connectivity index (χ3n) is 6.69. The molecule has 8 nitrogen and oxygen atoms in total. The molecule has 0 radical (unpaired) electrons. The number of hydrogen-bond acceptors (Lipinski definition) is 7. The van der Waals surface area contributed by atoms with Crippen molar-refractivity contribution in [1.82, 2.24) is 4.90 Å². The zero-order valence-corrected chi connectivity index (χ0v) is 23.4. The molecule has 1 atom stereocenters. The summed E-state index contributed by atoms with van der Waals surface area (Å²) in [6.07, 6.45) is 1.45. The second-order valence-corrected chi connectivity index (χ2v) is 10.7. The van der Waals surface area contributed by atoms with Crippen LogP contribution >= 0.6 is 23.2 Å². The van der Waals surface area contributed by atoms with Crippen molar-refractivity contribution >= 4 is 46.6 Å². The van der Waals surface area contributed by atoms with E-state index >= 15 is 0 Å². The number of benzene rings is 2. The van der Waals surface area contributed by atoms with Crippen LogP contribution in [0.1, 0.15) is 32.3 Å². The van der Waals surface area contributed by atoms with E-state index in [9.17, 15) is 9.59 Å². The summed E-state index contributed by atoms with van der Waals surface area (Å²) < 4.78 is 16.0. The Labute approximate surface area is 234 Å². The Hall–Kier alpha value is -2.68. The average molecular weight is 565 g/mol. The van der Waals surface area contributed by atoms with Crippen LogP contribution in [-0.2, 0) is 20.7 Å². The number of nitrogens with one attached hydrogen (secondary N) is 1. The van der Waals surface area contributed by atoms with E-state index in [4.69, 9.17) is 37.4 Å². The number of fused-ring (bicyclic) bond motifs is 1. The molecule has 2 heterocycles. The molecule has 2 aliphatic heterocycles. The monoisotopic (exact) mass is 563 g/mol. The third kappa shape index (κ3) is 7.68. The van der Waals surface area contributed by atoms with E-state index in [-0.39, 0.29) is 18.6 Å². The van der Waals surface area contributed by atoms with Gasteiger partial charge in [-0.05, 0) is 63.4 Å². The van der Waals surface area contributed by atoms with Gasteiger partial charge in [0.25, 0.3) is 0 Å². The fraction of sp³-hybridized carbons (Fsp3) is 0.500. The number of anilines is 2. The zero-order chi connectivity index (χ0) is 27.1. The fourth-order valence-corrected chi connectivity index (χ4v) is 5.05. The number of carbonyl (C=O) groups is 2. The normalized spacial score (nSPS) is 17.7. The van der Waals surface area contributed by atoms with Gasteiger partial charge < -0.3 is 24.4 Å². The molecule has 1 N–H and O–H groups in total. The molecule has 0 aliphatic carbocycles. The summed E-state index contributed by atoms with van der Waals surface area (Å²) in [4.78, 5) is 28.8. The molecule has 4 rings (SSSR count). The first-order chi connectivity index (χ1) is 18.3. The first-order valence-electron chi connectivity index (χ1n) is 13.1. The van der Waals surface area contributed by atoms with Gasteiger partial charge in [0.2, 0.25) is 5.91 Å². The lowest BCUT2D eigenvalue weighted by Gasteiger charge is -2.36. The topological polar surface area (TPSA) is 80.3 Å². The Kier molecular flexibility index (Phi) is 9.99. The van der Waals surface area contributed by atoms with Crippen LogP contribution in [0.5, 0.6) is 5.75 Å². The van der Waals surface area contributed by atoms with Crippen LogP contribution in [0.2, 0.25) is 10.0 Å². The average Bonchev–Trinajstić information content (AvgIpc) is 2.89. The molecule has 1 unspecified atom stereocenters. The van der Waals surface area contributed by atoms with E-state index in [1.165, 1.54) is 0 Å². The van der Waals surface area contributed by atoms with Gasteiger partial charge in [0.15, 0.2) is 0 Å². The lowest BCUT2D eigenvalue weighted by Crippen LogP contribution is -2.46. The van der Waals surface area contributed by atoms with Crippen molar-refractivity contribution in [2.24, 2.45) is 5.92 Å². The summed E-state index contributed by atoms with van der Waals surface area (Å²) in [5, 5.41) is 4.12. The number of amides is 1. The lowest BCUT2D eigenvalue weighted by atomic mass is 9.94. The van der Waals surface area contributed by atoms with Crippen molar-refractivity contribution in [2.45, 2.75) is 39.2 Å². The first kappa shape index (κ1) is 28.3. The summed E-state index contributed by atoms with van der Waals surface area (Å²) in [5.74, 6) is 0.106. The number of halogens is 2. The number of carbonyl (C=O) groups excluding carboxylic acids is 2. The van der Waals surface area contributed by atoms with Gasteiger partial charge in [0.1, 0.15) is 12.4 Å². The molecule has 10 heteroatoms. The maximum atomic E-state index is 12.5. The molecular formula is C28H35Cl2N3O5. The number of rotatable bonds is 10. The van der Waals surface area contributed by atoms with Gasteiger partial charge in [-0.15, -0.1) is 0 Å². The Morgan fingerprint density at radius 2 is 1.89 bits per heavy atom. The highest BCUT2D eigenvalue weighted by Gasteiger charge is 2.28. The summed E-state index contributed by atoms with van der Waals surface area (Å²) >= 11 is 12.5. The van der Waals surface area contributed by atoms with Gasteiger partial charge in [-0.25, -0.2) is 4.79 Å². The molecule has 2 aromatic carbocycles. The minimum Gasteiger partial charge on any atom is -0.494 e. The predicted octanol–water partition coefficient (Wildman–Crippen LogP) is 5.65. The van der Waals surface area contributed by atoms with E-state index in [2.05, 4.69) is 15.1 Å². The SMILES string of the molecule is CC(C)OC(=O)OCC1Cc2ccc(OCCCCN3CCN(c4cccc(Cl)c4Cl)CC3)cc2NC1=O. The Morgan fingerprint density at radius 1 is 1.11 bits per heavy atom. The summed E-state index contributed by atoms with van der Waals surface area (Å²) in [6.45, 7) is 8.92. The first-order valence-corrected chi connectivity index (χ1v) is 13.9. The van der Waals surface area contributed by atoms with Crippen LogP contribution in [0.3, 0.4) is 0 Å². The van der Waals surface area contributed by atoms with Crippen LogP contribution in [0.25, 0.3) is 0 Å². The number of piperazine rings is 1. The quantitative estimate of drug-likeness (QED) is 0.295. The van der Waals surface area contributed by atoms with Crippen LogP contribution in [0.15, 0.2) is 36.4 Å². The molecule has 206 valence electrons. The molecule has 1 saturated heterocycles. The molecule has 2 aromatic rings. The van der Waals surface area contributed by atoms with Crippen LogP contribution in [0.4, 0.5) is 16.2 Å². The number of ether oxygens (including phenoxy) is 3. The van der Waals surface area contributed by atoms with Gasteiger partial charge >= 0.3 is 6.16 Å². The molecule has 2 aliphatic rings. The van der Waals surface area contributed by atoms with Gasteiger partial charge in [-0.1, -0.05) is 35.3 Å². The minimum atomic E-state index is -0.757. The highest BCUT2D eigenvalue weighted by Crippen LogP contribution is 2.33. The van der Waals surface area contributed by atoms with E-state index in [0.717, 1.165) is 68.3 Å². The number of hydrogen-bond donors (Lipinski definition) is 1. The van der Waals surface area contributed by atoms with E-state index in [1.54, 1.807) is 13.8 Å². The van der Waals surface area contributed by atoms with Crippen molar-refractivity contribution in [2.75, 3.05) is 56.2 Å². The van der Waals surface area contributed by atoms with Crippen LogP contribution < -0.4 is 15.0 Å². The third-order valence-corrected chi connectivity index (χ3v) is 7.50.